The van der Waals surface area contributed by atoms with E-state index in [0.717, 1.165) is 17.6 Å². The predicted molar refractivity (Wildman–Crippen MR) is 50.1 cm³/mol. The molecule has 0 aliphatic heterocycles. The second-order valence-electron chi connectivity index (χ2n) is 2.85. The van der Waals surface area contributed by atoms with Gasteiger partial charge in [-0.2, -0.15) is 5.26 Å². The van der Waals surface area contributed by atoms with Gasteiger partial charge in [-0.1, -0.05) is 0 Å². The molecule has 2 aromatic rings. The number of aromatic nitrogens is 2. The molecule has 0 aliphatic rings. The summed E-state index contributed by atoms with van der Waals surface area (Å²) in [5.41, 5.74) is 2.66. The quantitative estimate of drug-likeness (QED) is 0.657. The highest BCUT2D eigenvalue weighted by Gasteiger charge is 2.01. The van der Waals surface area contributed by atoms with Gasteiger partial charge in [0.25, 0.3) is 0 Å². The number of hydrogen-bond acceptors (Lipinski definition) is 2. The Morgan fingerprint density at radius 3 is 3.08 bits per heavy atom. The fraction of sp³-hybridized carbons (Fsp3) is 0.200. The molecule has 0 radical (unpaired) electrons. The third-order valence-corrected chi connectivity index (χ3v) is 2.09. The molecular formula is C10H9N3. The van der Waals surface area contributed by atoms with Crippen LogP contribution in [0.2, 0.25) is 0 Å². The first-order valence-electron chi connectivity index (χ1n) is 4.20. The summed E-state index contributed by atoms with van der Waals surface area (Å²) >= 11 is 0. The second-order valence-corrected chi connectivity index (χ2v) is 2.85. The van der Waals surface area contributed by atoms with Crippen molar-refractivity contribution < 1.29 is 0 Å². The topological polar surface area (TPSA) is 41.6 Å². The van der Waals surface area contributed by atoms with Crippen LogP contribution < -0.4 is 0 Å². The van der Waals surface area contributed by atoms with E-state index in [-0.39, 0.29) is 0 Å². The number of nitrogens with zero attached hydrogens (tertiary/aromatic N) is 3. The molecule has 0 N–H and O–H groups in total. The Labute approximate surface area is 76.2 Å². The standard InChI is InChI=1S/C10H9N3/c1-2-13-7-12-9-4-3-8(6-11)5-10(9)13/h3-5,7H,2H2,1H3. The van der Waals surface area contributed by atoms with Crippen molar-refractivity contribution in [1.82, 2.24) is 9.55 Å². The van der Waals surface area contributed by atoms with Crippen LogP contribution in [0, 0.1) is 11.3 Å². The number of imidazole rings is 1. The smallest absolute Gasteiger partial charge is 0.0992 e. The molecule has 64 valence electrons. The molecule has 1 aromatic heterocycles. The van der Waals surface area contributed by atoms with E-state index in [9.17, 15) is 0 Å². The Balaban J connectivity index is 2.73. The Morgan fingerprint density at radius 2 is 2.38 bits per heavy atom. The van der Waals surface area contributed by atoms with Gasteiger partial charge < -0.3 is 4.57 Å². The Morgan fingerprint density at radius 1 is 1.54 bits per heavy atom. The summed E-state index contributed by atoms with van der Waals surface area (Å²) in [4.78, 5) is 4.22. The lowest BCUT2D eigenvalue weighted by Crippen LogP contribution is -1.90. The van der Waals surface area contributed by atoms with E-state index < -0.39 is 0 Å². The lowest BCUT2D eigenvalue weighted by atomic mass is 10.2. The maximum Gasteiger partial charge on any atom is 0.0992 e. The first-order valence-corrected chi connectivity index (χ1v) is 4.20. The Hall–Kier alpha value is -1.82. The van der Waals surface area contributed by atoms with Gasteiger partial charge in [-0.15, -0.1) is 0 Å². The summed E-state index contributed by atoms with van der Waals surface area (Å²) in [5.74, 6) is 0. The van der Waals surface area contributed by atoms with Gasteiger partial charge in [-0.25, -0.2) is 4.98 Å². The lowest BCUT2D eigenvalue weighted by Gasteiger charge is -1.97. The van der Waals surface area contributed by atoms with Crippen molar-refractivity contribution in [3.05, 3.63) is 30.1 Å². The van der Waals surface area contributed by atoms with E-state index in [4.69, 9.17) is 5.26 Å². The highest BCUT2D eigenvalue weighted by atomic mass is 15.0. The molecule has 0 saturated heterocycles. The molecule has 3 nitrogen and oxygen atoms in total. The summed E-state index contributed by atoms with van der Waals surface area (Å²) in [6.07, 6.45) is 1.80. The molecule has 0 saturated carbocycles. The molecular weight excluding hydrogens is 162 g/mol. The highest BCUT2D eigenvalue weighted by Crippen LogP contribution is 2.14. The van der Waals surface area contributed by atoms with E-state index in [1.807, 2.05) is 16.7 Å². The summed E-state index contributed by atoms with van der Waals surface area (Å²) in [5, 5.41) is 8.72. The fourth-order valence-electron chi connectivity index (χ4n) is 1.38. The molecule has 2 rings (SSSR count). The Bertz CT molecular complexity index is 476. The van der Waals surface area contributed by atoms with Crippen molar-refractivity contribution in [1.29, 1.82) is 5.26 Å². The van der Waals surface area contributed by atoms with Crippen LogP contribution in [0.25, 0.3) is 11.0 Å². The van der Waals surface area contributed by atoms with Crippen LogP contribution in [0.15, 0.2) is 24.5 Å². The minimum absolute atomic E-state index is 0.683. The zero-order valence-corrected chi connectivity index (χ0v) is 7.36. The first kappa shape index (κ1) is 7.81. The highest BCUT2D eigenvalue weighted by molar-refractivity contribution is 5.76. The van der Waals surface area contributed by atoms with Gasteiger partial charge in [0.2, 0.25) is 0 Å². The van der Waals surface area contributed by atoms with Crippen molar-refractivity contribution in [2.75, 3.05) is 0 Å². The van der Waals surface area contributed by atoms with E-state index in [1.165, 1.54) is 0 Å². The molecule has 3 heteroatoms. The van der Waals surface area contributed by atoms with Crippen LogP contribution in [0.1, 0.15) is 12.5 Å². The van der Waals surface area contributed by atoms with Gasteiger partial charge in [0.05, 0.1) is 29.0 Å². The van der Waals surface area contributed by atoms with Crippen molar-refractivity contribution in [2.45, 2.75) is 13.5 Å². The van der Waals surface area contributed by atoms with Crippen LogP contribution in [0.3, 0.4) is 0 Å². The van der Waals surface area contributed by atoms with E-state index >= 15 is 0 Å². The average Bonchev–Trinajstić information content (AvgIpc) is 2.59. The van der Waals surface area contributed by atoms with Gasteiger partial charge in [0, 0.05) is 6.54 Å². The number of nitriles is 1. The van der Waals surface area contributed by atoms with E-state index in [0.29, 0.717) is 5.56 Å². The third-order valence-electron chi connectivity index (χ3n) is 2.09. The largest absolute Gasteiger partial charge is 0.331 e. The molecule has 0 fully saturated rings. The molecule has 0 spiro atoms. The van der Waals surface area contributed by atoms with Gasteiger partial charge in [-0.05, 0) is 25.1 Å². The number of benzene rings is 1. The van der Waals surface area contributed by atoms with Crippen LogP contribution in [0.5, 0.6) is 0 Å². The summed E-state index contributed by atoms with van der Waals surface area (Å²) in [7, 11) is 0. The SMILES string of the molecule is CCn1cnc2ccc(C#N)cc21. The molecule has 0 unspecified atom stereocenters. The fourth-order valence-corrected chi connectivity index (χ4v) is 1.38. The van der Waals surface area contributed by atoms with Crippen molar-refractivity contribution in [3.63, 3.8) is 0 Å². The van der Waals surface area contributed by atoms with Crippen LogP contribution in [-0.2, 0) is 6.54 Å². The number of rotatable bonds is 1. The number of hydrogen-bond donors (Lipinski definition) is 0. The van der Waals surface area contributed by atoms with Crippen LogP contribution in [0.4, 0.5) is 0 Å². The molecule has 0 bridgehead atoms. The van der Waals surface area contributed by atoms with Gasteiger partial charge in [0.15, 0.2) is 0 Å². The van der Waals surface area contributed by atoms with Crippen LogP contribution in [-0.4, -0.2) is 9.55 Å². The summed E-state index contributed by atoms with van der Waals surface area (Å²) in [6, 6.07) is 7.65. The minimum Gasteiger partial charge on any atom is -0.331 e. The van der Waals surface area contributed by atoms with E-state index in [1.54, 1.807) is 12.4 Å². The third kappa shape index (κ3) is 1.17. The number of fused-ring (bicyclic) bond motifs is 1. The van der Waals surface area contributed by atoms with Gasteiger partial charge in [0.1, 0.15) is 0 Å². The zero-order chi connectivity index (χ0) is 9.26. The average molecular weight is 171 g/mol. The van der Waals surface area contributed by atoms with Crippen molar-refractivity contribution in [3.8, 4) is 6.07 Å². The number of aryl methyl sites for hydroxylation is 1. The molecule has 13 heavy (non-hydrogen) atoms. The van der Waals surface area contributed by atoms with Crippen molar-refractivity contribution in [2.24, 2.45) is 0 Å². The predicted octanol–water partition coefficient (Wildman–Crippen LogP) is 1.93. The summed E-state index contributed by atoms with van der Waals surface area (Å²) in [6.45, 7) is 2.94. The molecule has 0 atom stereocenters. The normalized spacial score (nSPS) is 10.2. The zero-order valence-electron chi connectivity index (χ0n) is 7.36. The van der Waals surface area contributed by atoms with E-state index in [2.05, 4.69) is 18.0 Å². The Kier molecular flexibility index (Phi) is 1.75. The lowest BCUT2D eigenvalue weighted by molar-refractivity contribution is 0.787. The second kappa shape index (κ2) is 2.91. The molecule has 0 aliphatic carbocycles. The van der Waals surface area contributed by atoms with Crippen molar-refractivity contribution >= 4 is 11.0 Å². The maximum absolute atomic E-state index is 8.72. The monoisotopic (exact) mass is 171 g/mol. The first-order chi connectivity index (χ1) is 6.35. The maximum atomic E-state index is 8.72. The molecule has 1 heterocycles. The van der Waals surface area contributed by atoms with Crippen LogP contribution >= 0.6 is 0 Å². The van der Waals surface area contributed by atoms with Gasteiger partial charge >= 0.3 is 0 Å². The minimum atomic E-state index is 0.683. The van der Waals surface area contributed by atoms with Gasteiger partial charge in [-0.3, -0.25) is 0 Å². The molecule has 0 amide bonds. The summed E-state index contributed by atoms with van der Waals surface area (Å²) < 4.78 is 2.02. The molecule has 1 aromatic carbocycles.